The predicted octanol–water partition coefficient (Wildman–Crippen LogP) is 3.37. The summed E-state index contributed by atoms with van der Waals surface area (Å²) in [6.07, 6.45) is 1.90. The van der Waals surface area contributed by atoms with Crippen LogP contribution >= 0.6 is 23.1 Å². The van der Waals surface area contributed by atoms with Crippen LogP contribution < -0.4 is 5.32 Å². The van der Waals surface area contributed by atoms with Crippen molar-refractivity contribution in [3.8, 4) is 0 Å². The van der Waals surface area contributed by atoms with Crippen LogP contribution in [0.15, 0.2) is 40.1 Å². The zero-order valence-electron chi connectivity index (χ0n) is 15.8. The molecule has 28 heavy (non-hydrogen) atoms. The van der Waals surface area contributed by atoms with E-state index in [1.807, 2.05) is 42.1 Å². The van der Waals surface area contributed by atoms with Gasteiger partial charge < -0.3 is 5.32 Å². The first kappa shape index (κ1) is 21.3. The fraction of sp³-hybridized carbons (Fsp3) is 0.474. The molecule has 0 radical (unpaired) electrons. The van der Waals surface area contributed by atoms with E-state index in [1.54, 1.807) is 27.4 Å². The third kappa shape index (κ3) is 5.56. The maximum Gasteiger partial charge on any atom is 0.252 e. The molecule has 0 atom stereocenters. The topological polar surface area (TPSA) is 79.4 Å². The molecule has 0 unspecified atom stereocenters. The summed E-state index contributed by atoms with van der Waals surface area (Å²) < 4.78 is 25.9. The molecule has 3 rings (SSSR count). The van der Waals surface area contributed by atoms with Gasteiger partial charge in [0.15, 0.2) is 0 Å². The molecular formula is C19H25N3O3S3. The molecule has 1 amide bonds. The van der Waals surface area contributed by atoms with Crippen LogP contribution in [0.25, 0.3) is 0 Å². The zero-order valence-corrected chi connectivity index (χ0v) is 18.3. The minimum absolute atomic E-state index is 0.00262. The summed E-state index contributed by atoms with van der Waals surface area (Å²) in [5.74, 6) is 0.811. The van der Waals surface area contributed by atoms with Crippen LogP contribution in [-0.4, -0.2) is 48.5 Å². The Balaban J connectivity index is 1.57. The van der Waals surface area contributed by atoms with Crippen LogP contribution in [0.5, 0.6) is 0 Å². The van der Waals surface area contributed by atoms with E-state index in [2.05, 4.69) is 10.3 Å². The van der Waals surface area contributed by atoms with Crippen LogP contribution in [0, 0.1) is 0 Å². The van der Waals surface area contributed by atoms with Crippen molar-refractivity contribution in [3.05, 3.63) is 46.4 Å². The summed E-state index contributed by atoms with van der Waals surface area (Å²) in [5, 5.41) is 5.10. The number of thiazole rings is 1. The number of carbonyl (C=O) groups is 1. The standard InChI is InChI=1S/C19H25N3O3S3/c1-2-11-28(24,25)22-9-7-15(8-10-22)21-19(23)17-5-3-4-6-18(17)27-13-16-12-26-14-20-16/h3-6,12,14-15H,2,7-11,13H2,1H3,(H,21,23). The zero-order chi connectivity index (χ0) is 20.0. The van der Waals surface area contributed by atoms with Crippen LogP contribution in [0.1, 0.15) is 42.2 Å². The molecule has 6 nitrogen and oxygen atoms in total. The van der Waals surface area contributed by atoms with E-state index in [0.29, 0.717) is 37.9 Å². The summed E-state index contributed by atoms with van der Waals surface area (Å²) in [6.45, 7) is 2.80. The molecule has 1 aliphatic rings. The smallest absolute Gasteiger partial charge is 0.252 e. The first-order valence-corrected chi connectivity index (χ1v) is 12.9. The highest BCUT2D eigenvalue weighted by Crippen LogP contribution is 2.26. The van der Waals surface area contributed by atoms with Gasteiger partial charge in [0, 0.05) is 35.2 Å². The molecule has 0 saturated carbocycles. The quantitative estimate of drug-likeness (QED) is 0.638. The summed E-state index contributed by atoms with van der Waals surface area (Å²) >= 11 is 3.16. The Morgan fingerprint density at radius 1 is 1.32 bits per heavy atom. The van der Waals surface area contributed by atoms with Crippen LogP contribution in [0.2, 0.25) is 0 Å². The van der Waals surface area contributed by atoms with Crippen molar-refractivity contribution in [2.75, 3.05) is 18.8 Å². The second-order valence-electron chi connectivity index (χ2n) is 6.73. The predicted molar refractivity (Wildman–Crippen MR) is 114 cm³/mol. The SMILES string of the molecule is CCCS(=O)(=O)N1CCC(NC(=O)c2ccccc2SCc2cscn2)CC1. The number of hydrogen-bond acceptors (Lipinski definition) is 6. The normalized spacial score (nSPS) is 16.2. The summed E-state index contributed by atoms with van der Waals surface area (Å²) in [5.41, 5.74) is 3.47. The molecule has 0 bridgehead atoms. The molecule has 1 aliphatic heterocycles. The van der Waals surface area contributed by atoms with Gasteiger partial charge in [0.25, 0.3) is 5.91 Å². The Morgan fingerprint density at radius 3 is 2.75 bits per heavy atom. The van der Waals surface area contributed by atoms with E-state index in [1.165, 1.54) is 0 Å². The van der Waals surface area contributed by atoms with E-state index in [0.717, 1.165) is 16.3 Å². The second kappa shape index (κ2) is 9.87. The van der Waals surface area contributed by atoms with Gasteiger partial charge in [-0.2, -0.15) is 0 Å². The van der Waals surface area contributed by atoms with Crippen LogP contribution in [0.4, 0.5) is 0 Å². The van der Waals surface area contributed by atoms with Gasteiger partial charge in [0.1, 0.15) is 0 Å². The Labute approximate surface area is 174 Å². The fourth-order valence-electron chi connectivity index (χ4n) is 3.17. The molecule has 1 aromatic carbocycles. The first-order valence-electron chi connectivity index (χ1n) is 9.37. The molecule has 2 heterocycles. The van der Waals surface area contributed by atoms with E-state index in [4.69, 9.17) is 0 Å². The maximum absolute atomic E-state index is 12.8. The van der Waals surface area contributed by atoms with Crippen molar-refractivity contribution in [2.24, 2.45) is 0 Å². The van der Waals surface area contributed by atoms with Crippen molar-refractivity contribution in [2.45, 2.75) is 42.9 Å². The lowest BCUT2D eigenvalue weighted by Gasteiger charge is -2.31. The maximum atomic E-state index is 12.8. The number of nitrogens with one attached hydrogen (secondary N) is 1. The van der Waals surface area contributed by atoms with Gasteiger partial charge in [0.2, 0.25) is 10.0 Å². The average Bonchev–Trinajstić information content (AvgIpc) is 3.20. The number of sulfonamides is 1. The highest BCUT2D eigenvalue weighted by Gasteiger charge is 2.28. The van der Waals surface area contributed by atoms with Crippen LogP contribution in [-0.2, 0) is 15.8 Å². The fourth-order valence-corrected chi connectivity index (χ4v) is 6.33. The monoisotopic (exact) mass is 439 g/mol. The van der Waals surface area contributed by atoms with Gasteiger partial charge in [-0.25, -0.2) is 17.7 Å². The van der Waals surface area contributed by atoms with E-state index in [9.17, 15) is 13.2 Å². The minimum Gasteiger partial charge on any atom is -0.349 e. The highest BCUT2D eigenvalue weighted by molar-refractivity contribution is 7.98. The largest absolute Gasteiger partial charge is 0.349 e. The number of hydrogen-bond donors (Lipinski definition) is 1. The van der Waals surface area contributed by atoms with E-state index < -0.39 is 10.0 Å². The number of aromatic nitrogens is 1. The van der Waals surface area contributed by atoms with Gasteiger partial charge >= 0.3 is 0 Å². The number of nitrogens with zero attached hydrogens (tertiary/aromatic N) is 2. The highest BCUT2D eigenvalue weighted by atomic mass is 32.2. The molecule has 1 N–H and O–H groups in total. The molecule has 1 saturated heterocycles. The summed E-state index contributed by atoms with van der Waals surface area (Å²) in [4.78, 5) is 18.0. The van der Waals surface area contributed by atoms with E-state index in [-0.39, 0.29) is 17.7 Å². The Morgan fingerprint density at radius 2 is 2.07 bits per heavy atom. The average molecular weight is 440 g/mol. The van der Waals surface area contributed by atoms with Gasteiger partial charge in [-0.05, 0) is 31.4 Å². The van der Waals surface area contributed by atoms with Crippen molar-refractivity contribution < 1.29 is 13.2 Å². The first-order chi connectivity index (χ1) is 13.5. The number of piperidine rings is 1. The number of carbonyl (C=O) groups excluding carboxylic acids is 1. The van der Waals surface area contributed by atoms with Gasteiger partial charge in [-0.15, -0.1) is 23.1 Å². The van der Waals surface area contributed by atoms with Gasteiger partial charge in [-0.1, -0.05) is 19.1 Å². The lowest BCUT2D eigenvalue weighted by molar-refractivity contribution is 0.0921. The summed E-state index contributed by atoms with van der Waals surface area (Å²) in [7, 11) is -3.16. The Hall–Kier alpha value is -1.42. The number of rotatable bonds is 8. The number of thioether (sulfide) groups is 1. The molecule has 0 aliphatic carbocycles. The summed E-state index contributed by atoms with van der Waals surface area (Å²) in [6, 6.07) is 7.57. The Bertz CT molecular complexity index is 877. The van der Waals surface area contributed by atoms with Crippen molar-refractivity contribution in [1.29, 1.82) is 0 Å². The van der Waals surface area contributed by atoms with Crippen molar-refractivity contribution in [1.82, 2.24) is 14.6 Å². The number of amides is 1. The van der Waals surface area contributed by atoms with Crippen molar-refractivity contribution >= 4 is 39.0 Å². The van der Waals surface area contributed by atoms with Gasteiger partial charge in [0.05, 0.1) is 22.5 Å². The molecule has 152 valence electrons. The lowest BCUT2D eigenvalue weighted by Crippen LogP contribution is -2.47. The molecular weight excluding hydrogens is 414 g/mol. The molecule has 2 aromatic rings. The second-order valence-corrected chi connectivity index (χ2v) is 10.6. The molecule has 9 heteroatoms. The number of benzene rings is 1. The minimum atomic E-state index is -3.16. The van der Waals surface area contributed by atoms with Crippen molar-refractivity contribution in [3.63, 3.8) is 0 Å². The third-order valence-corrected chi connectivity index (χ3v) is 8.45. The third-order valence-electron chi connectivity index (χ3n) is 4.64. The Kier molecular flexibility index (Phi) is 7.50. The lowest BCUT2D eigenvalue weighted by atomic mass is 10.1. The van der Waals surface area contributed by atoms with E-state index >= 15 is 0 Å². The molecule has 1 fully saturated rings. The molecule has 1 aromatic heterocycles. The van der Waals surface area contributed by atoms with Gasteiger partial charge in [-0.3, -0.25) is 4.79 Å². The molecule has 0 spiro atoms. The van der Waals surface area contributed by atoms with Crippen LogP contribution in [0.3, 0.4) is 0 Å².